The molecule has 1 aliphatic carbocycles. The molecule has 9 heteroatoms. The molecule has 0 unspecified atom stereocenters. The normalized spacial score (nSPS) is 18.2. The zero-order chi connectivity index (χ0) is 22.4. The number of thiazole rings is 1. The van der Waals surface area contributed by atoms with Crippen molar-refractivity contribution in [3.63, 3.8) is 0 Å². The molecule has 0 bridgehead atoms. The zero-order valence-electron chi connectivity index (χ0n) is 16.7. The Kier molecular flexibility index (Phi) is 5.11. The third-order valence-electron chi connectivity index (χ3n) is 5.61. The molecule has 2 aliphatic rings. The lowest BCUT2D eigenvalue weighted by Crippen LogP contribution is -2.40. The Balaban J connectivity index is 1.76. The Morgan fingerprint density at radius 2 is 1.97 bits per heavy atom. The van der Waals surface area contributed by atoms with Crippen LogP contribution in [0, 0.1) is 10.1 Å². The summed E-state index contributed by atoms with van der Waals surface area (Å²) in [5.74, 6) is -0.0205. The van der Waals surface area contributed by atoms with Gasteiger partial charge in [0.25, 0.3) is 11.2 Å². The first-order valence-electron chi connectivity index (χ1n) is 10.0. The van der Waals surface area contributed by atoms with E-state index in [2.05, 4.69) is 4.99 Å². The number of hydrogen-bond acceptors (Lipinski definition) is 6. The smallest absolute Gasteiger partial charge is 0.271 e. The van der Waals surface area contributed by atoms with E-state index in [-0.39, 0.29) is 17.0 Å². The number of carbonyl (C=O) groups is 1. The first-order chi connectivity index (χ1) is 15.4. The molecule has 0 N–H and O–H groups in total. The average Bonchev–Trinajstić information content (AvgIpc) is 3.08. The summed E-state index contributed by atoms with van der Waals surface area (Å²) in [6, 6.07) is 12.6. The number of non-ortho nitro benzene ring substituents is 1. The second-order valence-electron chi connectivity index (χ2n) is 7.59. The van der Waals surface area contributed by atoms with Crippen molar-refractivity contribution in [1.82, 2.24) is 4.57 Å². The molecule has 0 amide bonds. The monoisotopic (exact) mass is 465 g/mol. The number of allylic oxidation sites excluding steroid dienone is 2. The van der Waals surface area contributed by atoms with E-state index >= 15 is 0 Å². The van der Waals surface area contributed by atoms with Crippen molar-refractivity contribution in [1.29, 1.82) is 0 Å². The number of rotatable bonds is 3. The maximum Gasteiger partial charge on any atom is 0.271 e. The maximum atomic E-state index is 13.5. The van der Waals surface area contributed by atoms with Crippen molar-refractivity contribution in [2.75, 3.05) is 0 Å². The summed E-state index contributed by atoms with van der Waals surface area (Å²) in [5.41, 5.74) is 2.08. The molecular formula is C23H16ClN3O4S. The lowest BCUT2D eigenvalue weighted by molar-refractivity contribution is -0.384. The topological polar surface area (TPSA) is 94.6 Å². The molecule has 1 atom stereocenters. The standard InChI is InChI=1S/C23H16ClN3O4S/c24-16-8-2-1-7-15(16)21-20-17(9-4-10-18(20)28)25-23-26(21)22(29)19(32-23)12-13-5-3-6-14(11-13)27(30)31/h1-3,5-8,11-12,21H,4,9-10H2/b19-12-/t21-/m0/s1. The van der Waals surface area contributed by atoms with Crippen molar-refractivity contribution >= 4 is 40.5 Å². The van der Waals surface area contributed by atoms with Crippen molar-refractivity contribution in [2.45, 2.75) is 25.3 Å². The Bertz CT molecular complexity index is 1500. The van der Waals surface area contributed by atoms with E-state index in [1.165, 1.54) is 28.0 Å². The fraction of sp³-hybridized carbons (Fsp3) is 0.174. The minimum atomic E-state index is -0.644. The SMILES string of the molecule is O=C1CCCC2=C1[C@H](c1ccccc1Cl)n1c(s/c(=C\c3cccc([N+](=O)[O-])c3)c1=O)=N2. The van der Waals surface area contributed by atoms with Gasteiger partial charge in [-0.15, -0.1) is 0 Å². The highest BCUT2D eigenvalue weighted by molar-refractivity contribution is 7.07. The zero-order valence-corrected chi connectivity index (χ0v) is 18.2. The number of hydrogen-bond donors (Lipinski definition) is 0. The van der Waals surface area contributed by atoms with Gasteiger partial charge in [0.15, 0.2) is 10.6 Å². The molecule has 0 saturated heterocycles. The van der Waals surface area contributed by atoms with Crippen LogP contribution in [0.3, 0.4) is 0 Å². The molecule has 0 spiro atoms. The van der Waals surface area contributed by atoms with Crippen LogP contribution in [0.2, 0.25) is 5.02 Å². The molecule has 0 saturated carbocycles. The van der Waals surface area contributed by atoms with Crippen LogP contribution < -0.4 is 14.9 Å². The highest BCUT2D eigenvalue weighted by Crippen LogP contribution is 2.38. The fourth-order valence-corrected chi connectivity index (χ4v) is 5.44. The van der Waals surface area contributed by atoms with Gasteiger partial charge in [-0.1, -0.05) is 53.3 Å². The summed E-state index contributed by atoms with van der Waals surface area (Å²) in [7, 11) is 0. The number of halogens is 1. The molecule has 160 valence electrons. The second kappa shape index (κ2) is 7.96. The van der Waals surface area contributed by atoms with Gasteiger partial charge >= 0.3 is 0 Å². The number of benzene rings is 2. The third-order valence-corrected chi connectivity index (χ3v) is 6.93. The van der Waals surface area contributed by atoms with E-state index in [1.54, 1.807) is 30.3 Å². The summed E-state index contributed by atoms with van der Waals surface area (Å²) >= 11 is 7.69. The van der Waals surface area contributed by atoms with Crippen LogP contribution in [0.25, 0.3) is 6.08 Å². The van der Waals surface area contributed by atoms with Gasteiger partial charge in [0.05, 0.1) is 21.2 Å². The summed E-state index contributed by atoms with van der Waals surface area (Å²) in [6.45, 7) is 0. The van der Waals surface area contributed by atoms with Crippen LogP contribution in [0.15, 0.2) is 69.6 Å². The highest BCUT2D eigenvalue weighted by Gasteiger charge is 2.35. The Morgan fingerprint density at radius 3 is 2.75 bits per heavy atom. The number of aromatic nitrogens is 1. The van der Waals surface area contributed by atoms with Gasteiger partial charge in [0.2, 0.25) is 0 Å². The summed E-state index contributed by atoms with van der Waals surface area (Å²) in [5, 5.41) is 11.6. The molecule has 0 radical (unpaired) electrons. The molecule has 5 rings (SSSR count). The van der Waals surface area contributed by atoms with Crippen LogP contribution in [-0.4, -0.2) is 15.3 Å². The molecule has 7 nitrogen and oxygen atoms in total. The number of nitrogens with zero attached hydrogens (tertiary/aromatic N) is 3. The molecule has 0 fully saturated rings. The molecule has 1 aliphatic heterocycles. The summed E-state index contributed by atoms with van der Waals surface area (Å²) in [4.78, 5) is 42.2. The van der Waals surface area contributed by atoms with Gasteiger partial charge in [-0.3, -0.25) is 24.3 Å². The van der Waals surface area contributed by atoms with Crippen molar-refractivity contribution in [2.24, 2.45) is 4.99 Å². The van der Waals surface area contributed by atoms with Crippen molar-refractivity contribution in [3.8, 4) is 0 Å². The van der Waals surface area contributed by atoms with Gasteiger partial charge in [0.1, 0.15) is 0 Å². The molecule has 3 aromatic rings. The predicted molar refractivity (Wildman–Crippen MR) is 121 cm³/mol. The number of nitro benzene ring substituents is 1. The van der Waals surface area contributed by atoms with E-state index in [0.29, 0.717) is 49.6 Å². The van der Waals surface area contributed by atoms with Crippen LogP contribution in [0.1, 0.15) is 36.4 Å². The maximum absolute atomic E-state index is 13.5. The number of nitro groups is 1. The van der Waals surface area contributed by atoms with Gasteiger partial charge < -0.3 is 0 Å². The number of Topliss-reactive ketones (excluding diaryl/α,β-unsaturated/α-hetero) is 1. The predicted octanol–water partition coefficient (Wildman–Crippen LogP) is 3.53. The van der Waals surface area contributed by atoms with E-state index < -0.39 is 11.0 Å². The number of carbonyl (C=O) groups excluding carboxylic acids is 1. The number of ketones is 1. The minimum absolute atomic E-state index is 0.0205. The van der Waals surface area contributed by atoms with E-state index in [9.17, 15) is 19.7 Å². The fourth-order valence-electron chi connectivity index (χ4n) is 4.18. The van der Waals surface area contributed by atoms with E-state index in [1.807, 2.05) is 12.1 Å². The summed E-state index contributed by atoms with van der Waals surface area (Å²) in [6.07, 6.45) is 3.41. The lowest BCUT2D eigenvalue weighted by atomic mass is 9.86. The lowest BCUT2D eigenvalue weighted by Gasteiger charge is -2.29. The Labute approximate surface area is 190 Å². The van der Waals surface area contributed by atoms with Gasteiger partial charge in [-0.25, -0.2) is 4.99 Å². The molecular weight excluding hydrogens is 450 g/mol. The molecule has 2 heterocycles. The second-order valence-corrected chi connectivity index (χ2v) is 9.01. The first-order valence-corrected chi connectivity index (χ1v) is 11.2. The van der Waals surface area contributed by atoms with Crippen molar-refractivity contribution in [3.05, 3.63) is 106 Å². The number of fused-ring (bicyclic) bond motifs is 1. The van der Waals surface area contributed by atoms with Crippen LogP contribution in [0.4, 0.5) is 5.69 Å². The van der Waals surface area contributed by atoms with Gasteiger partial charge in [-0.05, 0) is 36.1 Å². The van der Waals surface area contributed by atoms with Crippen LogP contribution >= 0.6 is 22.9 Å². The Hall–Kier alpha value is -3.36. The highest BCUT2D eigenvalue weighted by atomic mass is 35.5. The Morgan fingerprint density at radius 1 is 1.16 bits per heavy atom. The first kappa shape index (κ1) is 20.5. The quantitative estimate of drug-likeness (QED) is 0.436. The molecule has 32 heavy (non-hydrogen) atoms. The van der Waals surface area contributed by atoms with Crippen LogP contribution in [-0.2, 0) is 4.79 Å². The van der Waals surface area contributed by atoms with Crippen molar-refractivity contribution < 1.29 is 9.72 Å². The third kappa shape index (κ3) is 3.41. The van der Waals surface area contributed by atoms with E-state index in [4.69, 9.17) is 11.6 Å². The largest absolute Gasteiger partial charge is 0.294 e. The van der Waals surface area contributed by atoms with Gasteiger partial charge in [0, 0.05) is 29.1 Å². The van der Waals surface area contributed by atoms with E-state index in [0.717, 1.165) is 6.42 Å². The minimum Gasteiger partial charge on any atom is -0.294 e. The molecule has 1 aromatic heterocycles. The molecule has 2 aromatic carbocycles. The summed E-state index contributed by atoms with van der Waals surface area (Å²) < 4.78 is 1.91. The van der Waals surface area contributed by atoms with Gasteiger partial charge in [-0.2, -0.15) is 0 Å². The average molecular weight is 466 g/mol. The van der Waals surface area contributed by atoms with Crippen LogP contribution in [0.5, 0.6) is 0 Å².